The summed E-state index contributed by atoms with van der Waals surface area (Å²) in [6.45, 7) is 0. The zero-order valence-corrected chi connectivity index (χ0v) is 10.1. The average molecular weight is 207 g/mol. The van der Waals surface area contributed by atoms with E-state index >= 15 is 0 Å². The van der Waals surface area contributed by atoms with Gasteiger partial charge in [-0.3, -0.25) is 0 Å². The number of allylic oxidation sites excluding steroid dienone is 1. The number of hydrogen-bond acceptors (Lipinski definition) is 1. The molecular weight excluding hydrogens is 182 g/mol. The largest absolute Gasteiger partial charge is 0.313 e. The molecule has 15 heavy (non-hydrogen) atoms. The molecule has 1 saturated carbocycles. The molecule has 86 valence electrons. The molecule has 0 aromatic carbocycles. The molecule has 0 saturated heterocycles. The monoisotopic (exact) mass is 207 g/mol. The van der Waals surface area contributed by atoms with E-state index in [1.54, 1.807) is 5.57 Å². The normalized spacial score (nSPS) is 24.5. The second kappa shape index (κ2) is 5.69. The molecule has 1 unspecified atom stereocenters. The summed E-state index contributed by atoms with van der Waals surface area (Å²) < 4.78 is 0. The molecule has 2 rings (SSSR count). The highest BCUT2D eigenvalue weighted by Gasteiger charge is 2.19. The van der Waals surface area contributed by atoms with E-state index in [4.69, 9.17) is 0 Å². The third-order valence-electron chi connectivity index (χ3n) is 4.21. The maximum Gasteiger partial charge on any atom is 0.0276 e. The molecule has 0 bridgehead atoms. The third kappa shape index (κ3) is 3.07. The Balaban J connectivity index is 1.74. The van der Waals surface area contributed by atoms with Gasteiger partial charge in [0.15, 0.2) is 0 Å². The first kappa shape index (κ1) is 11.2. The minimum atomic E-state index is 0.688. The number of rotatable bonds is 5. The molecule has 1 N–H and O–H groups in total. The molecule has 0 heterocycles. The fourth-order valence-corrected chi connectivity index (χ4v) is 3.23. The van der Waals surface area contributed by atoms with Crippen molar-refractivity contribution in [1.82, 2.24) is 5.32 Å². The van der Waals surface area contributed by atoms with Crippen molar-refractivity contribution < 1.29 is 0 Å². The molecule has 2 aliphatic rings. The molecule has 1 nitrogen and oxygen atoms in total. The summed E-state index contributed by atoms with van der Waals surface area (Å²) in [4.78, 5) is 0. The number of likely N-dealkylation sites (N-methyl/N-ethyl adjacent to an activating group) is 1. The average Bonchev–Trinajstić information content (AvgIpc) is 2.90. The van der Waals surface area contributed by atoms with Crippen LogP contribution in [0.15, 0.2) is 11.6 Å². The van der Waals surface area contributed by atoms with Gasteiger partial charge in [-0.1, -0.05) is 37.3 Å². The summed E-state index contributed by atoms with van der Waals surface area (Å²) in [7, 11) is 2.12. The van der Waals surface area contributed by atoms with Crippen molar-refractivity contribution in [2.24, 2.45) is 5.92 Å². The molecule has 1 heteroatoms. The SMILES string of the molecule is CNC(CCC1CCCC1)C1=CCCC1. The van der Waals surface area contributed by atoms with Crippen LogP contribution in [0.4, 0.5) is 0 Å². The Morgan fingerprint density at radius 1 is 1.33 bits per heavy atom. The van der Waals surface area contributed by atoms with Crippen LogP contribution in [0, 0.1) is 5.92 Å². The first-order valence-corrected chi connectivity index (χ1v) is 6.76. The molecule has 1 fully saturated rings. The number of hydrogen-bond donors (Lipinski definition) is 1. The fourth-order valence-electron chi connectivity index (χ4n) is 3.23. The van der Waals surface area contributed by atoms with Crippen LogP contribution in [0.1, 0.15) is 57.8 Å². The van der Waals surface area contributed by atoms with E-state index in [2.05, 4.69) is 18.4 Å². The maximum absolute atomic E-state index is 3.50. The second-order valence-corrected chi connectivity index (χ2v) is 5.24. The standard InChI is InChI=1S/C14H25N/c1-15-14(13-8-4-5-9-13)11-10-12-6-2-3-7-12/h8,12,14-15H,2-7,9-11H2,1H3. The van der Waals surface area contributed by atoms with Gasteiger partial charge >= 0.3 is 0 Å². The van der Waals surface area contributed by atoms with Gasteiger partial charge in [0.2, 0.25) is 0 Å². The van der Waals surface area contributed by atoms with E-state index in [0.717, 1.165) is 5.92 Å². The third-order valence-corrected chi connectivity index (χ3v) is 4.21. The Bertz CT molecular complexity index is 213. The van der Waals surface area contributed by atoms with E-state index in [1.165, 1.54) is 57.8 Å². The molecular formula is C14H25N. The maximum atomic E-state index is 3.50. The van der Waals surface area contributed by atoms with Gasteiger partial charge in [-0.05, 0) is 45.1 Å². The van der Waals surface area contributed by atoms with Crippen molar-refractivity contribution in [1.29, 1.82) is 0 Å². The summed E-state index contributed by atoms with van der Waals surface area (Å²) in [6, 6.07) is 0.688. The summed E-state index contributed by atoms with van der Waals surface area (Å²) in [6.07, 6.45) is 15.3. The van der Waals surface area contributed by atoms with Crippen LogP contribution in [-0.4, -0.2) is 13.1 Å². The van der Waals surface area contributed by atoms with Gasteiger partial charge in [0.1, 0.15) is 0 Å². The van der Waals surface area contributed by atoms with Gasteiger partial charge in [-0.25, -0.2) is 0 Å². The molecule has 0 aromatic rings. The van der Waals surface area contributed by atoms with Crippen molar-refractivity contribution in [2.45, 2.75) is 63.8 Å². The number of nitrogens with one attached hydrogen (secondary N) is 1. The molecule has 0 amide bonds. The fraction of sp³-hybridized carbons (Fsp3) is 0.857. The van der Waals surface area contributed by atoms with E-state index in [9.17, 15) is 0 Å². The van der Waals surface area contributed by atoms with Crippen molar-refractivity contribution in [3.05, 3.63) is 11.6 Å². The van der Waals surface area contributed by atoms with Crippen LogP contribution in [0.2, 0.25) is 0 Å². The highest BCUT2D eigenvalue weighted by Crippen LogP contribution is 2.31. The topological polar surface area (TPSA) is 12.0 Å². The van der Waals surface area contributed by atoms with Crippen LogP contribution >= 0.6 is 0 Å². The van der Waals surface area contributed by atoms with E-state index < -0.39 is 0 Å². The lowest BCUT2D eigenvalue weighted by Gasteiger charge is -2.19. The summed E-state index contributed by atoms with van der Waals surface area (Å²) in [5, 5.41) is 3.50. The lowest BCUT2D eigenvalue weighted by molar-refractivity contribution is 0.440. The van der Waals surface area contributed by atoms with Gasteiger partial charge in [-0.2, -0.15) is 0 Å². The Labute approximate surface area is 94.3 Å². The predicted octanol–water partition coefficient (Wildman–Crippen LogP) is 3.66. The summed E-state index contributed by atoms with van der Waals surface area (Å²) >= 11 is 0. The van der Waals surface area contributed by atoms with E-state index in [-0.39, 0.29) is 0 Å². The van der Waals surface area contributed by atoms with Crippen LogP contribution in [-0.2, 0) is 0 Å². The van der Waals surface area contributed by atoms with Gasteiger partial charge in [-0.15, -0.1) is 0 Å². The molecule has 0 aliphatic heterocycles. The minimum Gasteiger partial charge on any atom is -0.313 e. The molecule has 0 spiro atoms. The Kier molecular flexibility index (Phi) is 4.25. The first-order chi connectivity index (χ1) is 7.40. The van der Waals surface area contributed by atoms with E-state index in [1.807, 2.05) is 0 Å². The van der Waals surface area contributed by atoms with Crippen LogP contribution in [0.3, 0.4) is 0 Å². The van der Waals surface area contributed by atoms with Crippen molar-refractivity contribution in [2.75, 3.05) is 7.05 Å². The quantitative estimate of drug-likeness (QED) is 0.678. The Hall–Kier alpha value is -0.300. The van der Waals surface area contributed by atoms with E-state index in [0.29, 0.717) is 6.04 Å². The smallest absolute Gasteiger partial charge is 0.0276 e. The molecule has 0 aromatic heterocycles. The summed E-state index contributed by atoms with van der Waals surface area (Å²) in [5.74, 6) is 1.04. The zero-order valence-electron chi connectivity index (χ0n) is 10.1. The highest BCUT2D eigenvalue weighted by molar-refractivity contribution is 5.14. The molecule has 2 aliphatic carbocycles. The zero-order chi connectivity index (χ0) is 10.5. The van der Waals surface area contributed by atoms with Crippen LogP contribution in [0.5, 0.6) is 0 Å². The molecule has 0 radical (unpaired) electrons. The van der Waals surface area contributed by atoms with Gasteiger partial charge in [0.25, 0.3) is 0 Å². The van der Waals surface area contributed by atoms with Gasteiger partial charge in [0.05, 0.1) is 0 Å². The Morgan fingerprint density at radius 2 is 2.13 bits per heavy atom. The summed E-state index contributed by atoms with van der Waals surface area (Å²) in [5.41, 5.74) is 1.69. The van der Waals surface area contributed by atoms with Crippen LogP contribution in [0.25, 0.3) is 0 Å². The van der Waals surface area contributed by atoms with Crippen molar-refractivity contribution >= 4 is 0 Å². The predicted molar refractivity (Wildman–Crippen MR) is 66.0 cm³/mol. The lowest BCUT2D eigenvalue weighted by atomic mass is 9.94. The van der Waals surface area contributed by atoms with Gasteiger partial charge < -0.3 is 5.32 Å². The van der Waals surface area contributed by atoms with Crippen LogP contribution < -0.4 is 5.32 Å². The lowest BCUT2D eigenvalue weighted by Crippen LogP contribution is -2.27. The second-order valence-electron chi connectivity index (χ2n) is 5.24. The highest BCUT2D eigenvalue weighted by atomic mass is 14.9. The molecule has 1 atom stereocenters. The van der Waals surface area contributed by atoms with Crippen molar-refractivity contribution in [3.8, 4) is 0 Å². The van der Waals surface area contributed by atoms with Gasteiger partial charge in [0, 0.05) is 6.04 Å². The Morgan fingerprint density at radius 3 is 2.73 bits per heavy atom. The minimum absolute atomic E-state index is 0.688. The van der Waals surface area contributed by atoms with Crippen molar-refractivity contribution in [3.63, 3.8) is 0 Å². The first-order valence-electron chi connectivity index (χ1n) is 6.76.